The van der Waals surface area contributed by atoms with Crippen molar-refractivity contribution in [2.45, 2.75) is 104 Å². The van der Waals surface area contributed by atoms with Crippen molar-refractivity contribution in [2.75, 3.05) is 0 Å². The lowest BCUT2D eigenvalue weighted by Gasteiger charge is -2.35. The zero-order valence-electron chi connectivity index (χ0n) is 20.3. The maximum Gasteiger partial charge on any atom is 0.250 e. The van der Waals surface area contributed by atoms with Gasteiger partial charge < -0.3 is 9.53 Å². The van der Waals surface area contributed by atoms with Gasteiger partial charge >= 0.3 is 0 Å². The summed E-state index contributed by atoms with van der Waals surface area (Å²) in [5.41, 5.74) is 4.80. The first-order valence-corrected chi connectivity index (χ1v) is 14.7. The van der Waals surface area contributed by atoms with E-state index in [4.69, 9.17) is 4.43 Å². The summed E-state index contributed by atoms with van der Waals surface area (Å²) in [6.45, 7) is 17.7. The number of phenols is 1. The van der Waals surface area contributed by atoms with Crippen LogP contribution in [0.4, 0.5) is 0 Å². The highest BCUT2D eigenvalue weighted by Crippen LogP contribution is 2.48. The van der Waals surface area contributed by atoms with Gasteiger partial charge in [-0.15, -0.1) is 0 Å². The lowest BCUT2D eigenvalue weighted by Crippen LogP contribution is -2.39. The van der Waals surface area contributed by atoms with Crippen LogP contribution in [0.25, 0.3) is 0 Å². The molecule has 1 aromatic rings. The molecule has 1 N–H and O–H groups in total. The van der Waals surface area contributed by atoms with Crippen LogP contribution in [0.3, 0.4) is 0 Å². The van der Waals surface area contributed by atoms with Crippen LogP contribution in [-0.4, -0.2) is 13.4 Å². The second kappa shape index (κ2) is 11.2. The van der Waals surface area contributed by atoms with Crippen molar-refractivity contribution in [3.8, 4) is 11.5 Å². The number of aryl methyl sites for hydroxylation is 1. The molecule has 0 bridgehead atoms. The van der Waals surface area contributed by atoms with E-state index in [1.807, 2.05) is 6.07 Å². The molecule has 0 aliphatic heterocycles. The number of hydrogen-bond acceptors (Lipinski definition) is 2. The Balaban J connectivity index is 2.59. The maximum atomic E-state index is 11.3. The van der Waals surface area contributed by atoms with Crippen molar-refractivity contribution in [1.82, 2.24) is 0 Å². The number of unbranched alkanes of at least 4 members (excludes halogenated alkanes) is 2. The van der Waals surface area contributed by atoms with E-state index in [0.29, 0.717) is 11.7 Å². The van der Waals surface area contributed by atoms with Gasteiger partial charge in [-0.05, 0) is 81.3 Å². The van der Waals surface area contributed by atoms with Crippen molar-refractivity contribution in [1.29, 1.82) is 0 Å². The Labute approximate surface area is 186 Å². The van der Waals surface area contributed by atoms with Crippen LogP contribution in [0.15, 0.2) is 35.9 Å². The predicted molar refractivity (Wildman–Crippen MR) is 133 cm³/mol. The quantitative estimate of drug-likeness (QED) is 0.217. The van der Waals surface area contributed by atoms with E-state index >= 15 is 0 Å². The number of hydrogen-bond donors (Lipinski definition) is 1. The van der Waals surface area contributed by atoms with E-state index in [1.54, 1.807) is 0 Å². The predicted octanol–water partition coefficient (Wildman–Crippen LogP) is 8.52. The van der Waals surface area contributed by atoms with Crippen LogP contribution < -0.4 is 4.43 Å². The molecule has 0 amide bonds. The van der Waals surface area contributed by atoms with Crippen LogP contribution in [0, 0.1) is 5.92 Å². The molecule has 2 nitrogen and oxygen atoms in total. The number of phenolic OH excluding ortho intramolecular Hbond substituents is 1. The molecule has 0 saturated carbocycles. The molecule has 1 aliphatic rings. The third-order valence-corrected chi connectivity index (χ3v) is 11.7. The lowest BCUT2D eigenvalue weighted by atomic mass is 9.73. The molecule has 3 heteroatoms. The summed E-state index contributed by atoms with van der Waals surface area (Å²) >= 11 is 0. The van der Waals surface area contributed by atoms with E-state index in [2.05, 4.69) is 60.3 Å². The molecule has 30 heavy (non-hydrogen) atoms. The maximum absolute atomic E-state index is 11.3. The normalized spacial score (nSPS) is 19.5. The zero-order valence-corrected chi connectivity index (χ0v) is 21.3. The van der Waals surface area contributed by atoms with Gasteiger partial charge in [-0.25, -0.2) is 0 Å². The van der Waals surface area contributed by atoms with Gasteiger partial charge in [-0.3, -0.25) is 0 Å². The Kier molecular flexibility index (Phi) is 9.27. The topological polar surface area (TPSA) is 29.5 Å². The Hall–Kier alpha value is -1.48. The van der Waals surface area contributed by atoms with Crippen molar-refractivity contribution < 1.29 is 9.53 Å². The third kappa shape index (κ3) is 5.81. The molecule has 0 radical (unpaired) electrons. The molecule has 1 aliphatic carbocycles. The first kappa shape index (κ1) is 24.8. The van der Waals surface area contributed by atoms with Gasteiger partial charge in [0, 0.05) is 11.5 Å². The fourth-order valence-electron chi connectivity index (χ4n) is 4.92. The Bertz CT molecular complexity index is 737. The van der Waals surface area contributed by atoms with Crippen molar-refractivity contribution in [2.24, 2.45) is 5.92 Å². The molecule has 0 fully saturated rings. The minimum atomic E-state index is -1.86. The second-order valence-corrected chi connectivity index (χ2v) is 14.1. The standard InChI is InChI=1S/C27H44O2Si/c1-8-12-13-14-22-18-25(28)27(24-17-21(7)15-16-23(24)20(5)6)26(19-22)29-30(9-2,10-3)11-4/h17-19,23-24,28H,5,8-16H2,1-4,6-7H3/t23-,24+/m0/s1. The molecule has 0 unspecified atom stereocenters. The molecular formula is C27H44O2Si. The highest BCUT2D eigenvalue weighted by atomic mass is 28.4. The minimum Gasteiger partial charge on any atom is -0.543 e. The van der Waals surface area contributed by atoms with Crippen molar-refractivity contribution in [3.05, 3.63) is 47.1 Å². The fraction of sp³-hybridized carbons (Fsp3) is 0.630. The van der Waals surface area contributed by atoms with E-state index in [0.717, 1.165) is 55.1 Å². The van der Waals surface area contributed by atoms with Gasteiger partial charge in [0.25, 0.3) is 0 Å². The van der Waals surface area contributed by atoms with Gasteiger partial charge in [0.05, 0.1) is 0 Å². The SMILES string of the molecule is C=C(C)[C@@H]1CCC(C)=C[C@H]1c1c(O)cc(CCCCC)cc1O[Si](CC)(CC)CC. The van der Waals surface area contributed by atoms with Gasteiger partial charge in [0.2, 0.25) is 8.32 Å². The Morgan fingerprint density at radius 2 is 1.80 bits per heavy atom. The highest BCUT2D eigenvalue weighted by Gasteiger charge is 2.35. The number of aromatic hydroxyl groups is 1. The average molecular weight is 429 g/mol. The number of rotatable bonds is 11. The van der Waals surface area contributed by atoms with E-state index in [-0.39, 0.29) is 5.92 Å². The molecule has 0 saturated heterocycles. The van der Waals surface area contributed by atoms with E-state index < -0.39 is 8.32 Å². The number of allylic oxidation sites excluding steroid dienone is 3. The van der Waals surface area contributed by atoms with E-state index in [9.17, 15) is 5.11 Å². The van der Waals surface area contributed by atoms with Crippen LogP contribution >= 0.6 is 0 Å². The molecule has 0 heterocycles. The van der Waals surface area contributed by atoms with Crippen molar-refractivity contribution >= 4 is 8.32 Å². The van der Waals surface area contributed by atoms with Crippen LogP contribution in [-0.2, 0) is 6.42 Å². The molecule has 2 atom stereocenters. The summed E-state index contributed by atoms with van der Waals surface area (Å²) in [5.74, 6) is 1.86. The summed E-state index contributed by atoms with van der Waals surface area (Å²) in [5, 5.41) is 11.3. The van der Waals surface area contributed by atoms with E-state index in [1.165, 1.54) is 29.6 Å². The van der Waals surface area contributed by atoms with Crippen LogP contribution in [0.5, 0.6) is 11.5 Å². The summed E-state index contributed by atoms with van der Waals surface area (Å²) in [6.07, 6.45) is 9.14. The lowest BCUT2D eigenvalue weighted by molar-refractivity contribution is 0.420. The largest absolute Gasteiger partial charge is 0.543 e. The summed E-state index contributed by atoms with van der Waals surface area (Å²) in [7, 11) is -1.86. The molecule has 168 valence electrons. The first-order chi connectivity index (χ1) is 14.3. The van der Waals surface area contributed by atoms with Crippen LogP contribution in [0.2, 0.25) is 18.1 Å². The van der Waals surface area contributed by atoms with Crippen molar-refractivity contribution in [3.63, 3.8) is 0 Å². The van der Waals surface area contributed by atoms with Gasteiger partial charge in [-0.2, -0.15) is 0 Å². The third-order valence-electron chi connectivity index (χ3n) is 7.22. The van der Waals surface area contributed by atoms with Gasteiger partial charge in [-0.1, -0.05) is 64.3 Å². The number of benzene rings is 1. The van der Waals surface area contributed by atoms with Crippen LogP contribution in [0.1, 0.15) is 90.7 Å². The molecule has 1 aromatic carbocycles. The Morgan fingerprint density at radius 3 is 2.37 bits per heavy atom. The monoisotopic (exact) mass is 428 g/mol. The zero-order chi connectivity index (χ0) is 22.3. The minimum absolute atomic E-state index is 0.146. The van der Waals surface area contributed by atoms with Gasteiger partial charge in [0.1, 0.15) is 11.5 Å². The summed E-state index contributed by atoms with van der Waals surface area (Å²) in [6, 6.07) is 7.55. The molecular weight excluding hydrogens is 384 g/mol. The van der Waals surface area contributed by atoms with Gasteiger partial charge in [0.15, 0.2) is 0 Å². The first-order valence-electron chi connectivity index (χ1n) is 12.2. The molecule has 0 spiro atoms. The highest BCUT2D eigenvalue weighted by molar-refractivity contribution is 6.74. The average Bonchev–Trinajstić information content (AvgIpc) is 2.72. The molecule has 0 aromatic heterocycles. The summed E-state index contributed by atoms with van der Waals surface area (Å²) < 4.78 is 6.95. The smallest absolute Gasteiger partial charge is 0.250 e. The fourth-order valence-corrected chi connectivity index (χ4v) is 7.48. The second-order valence-electron chi connectivity index (χ2n) is 9.36. The Morgan fingerprint density at radius 1 is 1.13 bits per heavy atom. The molecule has 2 rings (SSSR count). The summed E-state index contributed by atoms with van der Waals surface area (Å²) in [4.78, 5) is 0.